The van der Waals surface area contributed by atoms with Gasteiger partial charge in [-0.15, -0.1) is 5.10 Å². The molecular formula is C18H21N7O3S. The third-order valence-electron chi connectivity index (χ3n) is 4.63. The number of aryl methyl sites for hydroxylation is 2. The van der Waals surface area contributed by atoms with E-state index in [1.54, 1.807) is 11.6 Å². The quantitative estimate of drug-likeness (QED) is 0.474. The van der Waals surface area contributed by atoms with Gasteiger partial charge in [-0.3, -0.25) is 18.7 Å². The number of nitrogens with two attached hydrogens (primary N) is 1. The van der Waals surface area contributed by atoms with Crippen LogP contribution in [0.5, 0.6) is 0 Å². The second-order valence-electron chi connectivity index (χ2n) is 6.75. The second kappa shape index (κ2) is 7.66. The van der Waals surface area contributed by atoms with Gasteiger partial charge in [0.05, 0.1) is 10.9 Å². The number of carbonyl (C=O) groups excluding carboxylic acids is 1. The van der Waals surface area contributed by atoms with Crippen LogP contribution in [0.15, 0.2) is 32.9 Å². The maximum Gasteiger partial charge on any atom is 0.332 e. The maximum atomic E-state index is 13.0. The van der Waals surface area contributed by atoms with Gasteiger partial charge in [0.1, 0.15) is 11.4 Å². The highest BCUT2D eigenvalue weighted by Crippen LogP contribution is 2.26. The van der Waals surface area contributed by atoms with Crippen molar-refractivity contribution in [3.63, 3.8) is 0 Å². The Hall–Kier alpha value is -3.21. The molecular weight excluding hydrogens is 394 g/mol. The number of thioether (sulfide) groups is 1. The van der Waals surface area contributed by atoms with Crippen molar-refractivity contribution in [1.82, 2.24) is 29.3 Å². The number of nitrogen functional groups attached to an aromatic ring is 1. The predicted molar refractivity (Wildman–Crippen MR) is 110 cm³/mol. The van der Waals surface area contributed by atoms with Crippen LogP contribution in [0, 0.1) is 13.8 Å². The van der Waals surface area contributed by atoms with Gasteiger partial charge in [0.25, 0.3) is 5.56 Å². The number of tetrazole rings is 1. The number of benzene rings is 1. The first-order chi connectivity index (χ1) is 13.6. The van der Waals surface area contributed by atoms with Crippen molar-refractivity contribution in [2.75, 3.05) is 5.73 Å². The van der Waals surface area contributed by atoms with Gasteiger partial charge in [-0.1, -0.05) is 29.5 Å². The van der Waals surface area contributed by atoms with E-state index in [9.17, 15) is 14.4 Å². The zero-order valence-corrected chi connectivity index (χ0v) is 17.5. The van der Waals surface area contributed by atoms with Gasteiger partial charge in [0, 0.05) is 14.1 Å². The molecule has 0 aliphatic rings. The maximum absolute atomic E-state index is 13.0. The van der Waals surface area contributed by atoms with E-state index in [0.717, 1.165) is 37.7 Å². The van der Waals surface area contributed by atoms with Crippen LogP contribution in [-0.4, -0.2) is 40.4 Å². The summed E-state index contributed by atoms with van der Waals surface area (Å²) in [6, 6.07) is 5.86. The van der Waals surface area contributed by atoms with E-state index in [1.165, 1.54) is 14.1 Å². The molecule has 0 spiro atoms. The van der Waals surface area contributed by atoms with Crippen LogP contribution in [0.4, 0.5) is 5.82 Å². The molecule has 0 amide bonds. The normalized spacial score (nSPS) is 12.2. The Bertz CT molecular complexity index is 1230. The summed E-state index contributed by atoms with van der Waals surface area (Å²) >= 11 is 1.11. The monoisotopic (exact) mass is 415 g/mol. The fourth-order valence-corrected chi connectivity index (χ4v) is 3.81. The number of hydrogen-bond acceptors (Lipinski definition) is 8. The lowest BCUT2D eigenvalue weighted by Gasteiger charge is -2.14. The van der Waals surface area contributed by atoms with Crippen LogP contribution >= 0.6 is 11.8 Å². The summed E-state index contributed by atoms with van der Waals surface area (Å²) in [6.45, 7) is 5.57. The Morgan fingerprint density at radius 2 is 1.86 bits per heavy atom. The first-order valence-corrected chi connectivity index (χ1v) is 9.63. The standard InChI is InChI=1S/C18H21N7O3S/c1-9-6-7-12(10(2)8-9)25-17(20-21-22-25)29-11(3)14(26)13-15(19)23(4)18(28)24(5)16(13)27/h6-8,11H,19H2,1-5H3. The van der Waals surface area contributed by atoms with E-state index in [4.69, 9.17) is 5.73 Å². The van der Waals surface area contributed by atoms with Gasteiger partial charge < -0.3 is 5.73 Å². The predicted octanol–water partition coefficient (Wildman–Crippen LogP) is 0.622. The third kappa shape index (κ3) is 3.60. The Labute approximate surface area is 170 Å². The van der Waals surface area contributed by atoms with Crippen LogP contribution in [0.1, 0.15) is 28.4 Å². The van der Waals surface area contributed by atoms with Crippen LogP contribution in [0.25, 0.3) is 5.69 Å². The molecule has 2 aromatic heterocycles. The van der Waals surface area contributed by atoms with Crippen LogP contribution < -0.4 is 17.0 Å². The number of ketones is 1. The fourth-order valence-electron chi connectivity index (χ4n) is 2.95. The van der Waals surface area contributed by atoms with E-state index in [2.05, 4.69) is 15.5 Å². The van der Waals surface area contributed by atoms with Gasteiger partial charge in [0.2, 0.25) is 5.16 Å². The van der Waals surface area contributed by atoms with Gasteiger partial charge >= 0.3 is 5.69 Å². The van der Waals surface area contributed by atoms with Gasteiger partial charge in [-0.2, -0.15) is 4.68 Å². The van der Waals surface area contributed by atoms with Crippen molar-refractivity contribution < 1.29 is 4.79 Å². The van der Waals surface area contributed by atoms with Crippen LogP contribution in [-0.2, 0) is 14.1 Å². The fraction of sp³-hybridized carbons (Fsp3) is 0.333. The van der Waals surface area contributed by atoms with E-state index in [0.29, 0.717) is 5.16 Å². The van der Waals surface area contributed by atoms with Crippen molar-refractivity contribution in [3.05, 3.63) is 55.7 Å². The summed E-state index contributed by atoms with van der Waals surface area (Å²) in [6.07, 6.45) is 0. The number of hydrogen-bond donors (Lipinski definition) is 1. The van der Waals surface area contributed by atoms with Crippen LogP contribution in [0.3, 0.4) is 0 Å². The van der Waals surface area contributed by atoms with Crippen molar-refractivity contribution in [1.29, 1.82) is 0 Å². The highest BCUT2D eigenvalue weighted by Gasteiger charge is 2.27. The Morgan fingerprint density at radius 3 is 2.52 bits per heavy atom. The Balaban J connectivity index is 1.96. The molecule has 0 radical (unpaired) electrons. The average Bonchev–Trinajstić information content (AvgIpc) is 3.12. The molecule has 0 saturated heterocycles. The summed E-state index contributed by atoms with van der Waals surface area (Å²) in [5.74, 6) is -0.664. The number of nitrogens with zero attached hydrogens (tertiary/aromatic N) is 6. The van der Waals surface area contributed by atoms with E-state index >= 15 is 0 Å². The smallest absolute Gasteiger partial charge is 0.332 e. The molecule has 29 heavy (non-hydrogen) atoms. The molecule has 0 bridgehead atoms. The molecule has 1 aromatic carbocycles. The molecule has 0 aliphatic carbocycles. The number of anilines is 1. The average molecular weight is 415 g/mol. The summed E-state index contributed by atoms with van der Waals surface area (Å²) < 4.78 is 3.48. The number of aromatic nitrogens is 6. The van der Waals surface area contributed by atoms with Gasteiger partial charge in [-0.05, 0) is 42.8 Å². The number of rotatable bonds is 5. The summed E-state index contributed by atoms with van der Waals surface area (Å²) in [7, 11) is 2.71. The van der Waals surface area contributed by atoms with E-state index in [-0.39, 0.29) is 11.4 Å². The Morgan fingerprint density at radius 1 is 1.17 bits per heavy atom. The second-order valence-corrected chi connectivity index (χ2v) is 8.06. The molecule has 0 aliphatic heterocycles. The number of Topliss-reactive ketones (excluding diaryl/α,β-unsaturated/α-hetero) is 1. The molecule has 2 heterocycles. The molecule has 3 aromatic rings. The van der Waals surface area contributed by atoms with Crippen molar-refractivity contribution in [3.8, 4) is 5.69 Å². The molecule has 0 fully saturated rings. The molecule has 11 heteroatoms. The Kier molecular flexibility index (Phi) is 5.42. The minimum absolute atomic E-state index is 0.162. The van der Waals surface area contributed by atoms with E-state index < -0.39 is 22.3 Å². The highest BCUT2D eigenvalue weighted by atomic mass is 32.2. The van der Waals surface area contributed by atoms with Crippen molar-refractivity contribution >= 4 is 23.4 Å². The van der Waals surface area contributed by atoms with Crippen LogP contribution in [0.2, 0.25) is 0 Å². The number of carbonyl (C=O) groups is 1. The minimum atomic E-state index is -0.725. The molecule has 0 saturated carbocycles. The van der Waals surface area contributed by atoms with Gasteiger partial charge in [-0.25, -0.2) is 4.79 Å². The molecule has 1 unspecified atom stereocenters. The molecule has 2 N–H and O–H groups in total. The SMILES string of the molecule is Cc1ccc(-n2nnnc2SC(C)C(=O)c2c(N)n(C)c(=O)n(C)c2=O)c(C)c1. The zero-order chi connectivity index (χ0) is 21.5. The summed E-state index contributed by atoms with van der Waals surface area (Å²) in [5.41, 5.74) is 7.23. The highest BCUT2D eigenvalue weighted by molar-refractivity contribution is 8.00. The van der Waals surface area contributed by atoms with Gasteiger partial charge in [0.15, 0.2) is 5.78 Å². The first-order valence-electron chi connectivity index (χ1n) is 8.75. The lowest BCUT2D eigenvalue weighted by atomic mass is 10.1. The van der Waals surface area contributed by atoms with Crippen molar-refractivity contribution in [2.24, 2.45) is 14.1 Å². The van der Waals surface area contributed by atoms with Crippen molar-refractivity contribution in [2.45, 2.75) is 31.2 Å². The molecule has 3 rings (SSSR count). The topological polar surface area (TPSA) is 131 Å². The van der Waals surface area contributed by atoms with E-state index in [1.807, 2.05) is 32.0 Å². The molecule has 1 atom stereocenters. The zero-order valence-electron chi connectivity index (χ0n) is 16.7. The lowest BCUT2D eigenvalue weighted by molar-refractivity contribution is 0.0992. The molecule has 10 nitrogen and oxygen atoms in total. The lowest BCUT2D eigenvalue weighted by Crippen LogP contribution is -2.42. The minimum Gasteiger partial charge on any atom is -0.384 e. The largest absolute Gasteiger partial charge is 0.384 e. The first kappa shape index (κ1) is 20.5. The third-order valence-corrected chi connectivity index (χ3v) is 5.66. The molecule has 152 valence electrons. The summed E-state index contributed by atoms with van der Waals surface area (Å²) in [5, 5.41) is 11.4. The summed E-state index contributed by atoms with van der Waals surface area (Å²) in [4.78, 5) is 37.4.